The summed E-state index contributed by atoms with van der Waals surface area (Å²) in [5.41, 5.74) is 1.61. The fourth-order valence-corrected chi connectivity index (χ4v) is 2.88. The number of hydrogen-bond donors (Lipinski definition) is 2. The Morgan fingerprint density at radius 2 is 1.88 bits per heavy atom. The number of aliphatic carboxylic acids is 1. The number of nitrogens with one attached hydrogen (secondary N) is 1. The molecule has 0 saturated carbocycles. The number of benzene rings is 2. The second kappa shape index (κ2) is 7.88. The molecule has 1 amide bonds. The van der Waals surface area contributed by atoms with Crippen molar-refractivity contribution in [2.24, 2.45) is 0 Å². The number of amides is 1. The number of likely N-dealkylation sites (N-methyl/N-ethyl adjacent to an activating group) is 1. The smallest absolute Gasteiger partial charge is 0.317 e. The highest BCUT2D eigenvalue weighted by Crippen LogP contribution is 2.32. The van der Waals surface area contributed by atoms with E-state index in [-0.39, 0.29) is 19.2 Å². The van der Waals surface area contributed by atoms with Crippen LogP contribution in [0.25, 0.3) is 0 Å². The zero-order chi connectivity index (χ0) is 18.5. The van der Waals surface area contributed by atoms with E-state index in [0.29, 0.717) is 18.0 Å². The average Bonchev–Trinajstić information content (AvgIpc) is 3.08. The van der Waals surface area contributed by atoms with Crippen LogP contribution in [0, 0.1) is 0 Å². The van der Waals surface area contributed by atoms with Crippen LogP contribution in [0.15, 0.2) is 48.5 Å². The van der Waals surface area contributed by atoms with Gasteiger partial charge in [-0.25, -0.2) is 0 Å². The van der Waals surface area contributed by atoms with Gasteiger partial charge in [0.2, 0.25) is 12.7 Å². The molecule has 1 heterocycles. The largest absolute Gasteiger partial charge is 0.480 e. The molecule has 0 radical (unpaired) electrons. The Morgan fingerprint density at radius 1 is 1.15 bits per heavy atom. The van der Waals surface area contributed by atoms with Crippen LogP contribution in [-0.2, 0) is 16.1 Å². The molecule has 1 aliphatic rings. The van der Waals surface area contributed by atoms with E-state index in [0.717, 1.165) is 11.1 Å². The molecule has 1 atom stereocenters. The van der Waals surface area contributed by atoms with Gasteiger partial charge in [-0.15, -0.1) is 0 Å². The highest BCUT2D eigenvalue weighted by molar-refractivity contribution is 5.84. The van der Waals surface area contributed by atoms with Crippen LogP contribution < -0.4 is 14.8 Å². The van der Waals surface area contributed by atoms with Crippen molar-refractivity contribution in [1.29, 1.82) is 0 Å². The van der Waals surface area contributed by atoms with Gasteiger partial charge in [0.15, 0.2) is 11.5 Å². The van der Waals surface area contributed by atoms with Gasteiger partial charge in [-0.3, -0.25) is 14.5 Å². The first-order valence-electron chi connectivity index (χ1n) is 8.18. The minimum atomic E-state index is -0.989. The molecule has 2 aromatic rings. The summed E-state index contributed by atoms with van der Waals surface area (Å²) in [6.45, 7) is 0.262. The minimum absolute atomic E-state index is 0.196. The number of carbonyl (C=O) groups is 2. The zero-order valence-electron chi connectivity index (χ0n) is 14.3. The van der Waals surface area contributed by atoms with Gasteiger partial charge in [0, 0.05) is 6.54 Å². The first-order valence-corrected chi connectivity index (χ1v) is 8.18. The fraction of sp³-hybridized carbons (Fsp3) is 0.263. The van der Waals surface area contributed by atoms with Crippen LogP contribution in [0.5, 0.6) is 11.5 Å². The standard InChI is InChI=1S/C19H20N2O5/c1-21(11-17(22)23)18(14-5-3-2-4-6-14)19(24)20-10-13-7-8-15-16(9-13)26-12-25-15/h2-9,18H,10-12H2,1H3,(H,20,24)(H,22,23). The SMILES string of the molecule is CN(CC(=O)O)C(C(=O)NCc1ccc2c(c1)OCO2)c1ccccc1. The molecule has 2 N–H and O–H groups in total. The number of carboxylic acids is 1. The summed E-state index contributed by atoms with van der Waals surface area (Å²) in [6, 6.07) is 13.9. The summed E-state index contributed by atoms with van der Waals surface area (Å²) in [5.74, 6) is 0.0809. The van der Waals surface area contributed by atoms with Crippen molar-refractivity contribution in [2.45, 2.75) is 12.6 Å². The molecule has 7 nitrogen and oxygen atoms in total. The Labute approximate surface area is 151 Å². The van der Waals surface area contributed by atoms with E-state index >= 15 is 0 Å². The van der Waals surface area contributed by atoms with Gasteiger partial charge in [0.1, 0.15) is 6.04 Å². The van der Waals surface area contributed by atoms with Crippen molar-refractivity contribution in [3.8, 4) is 11.5 Å². The van der Waals surface area contributed by atoms with Crippen molar-refractivity contribution in [1.82, 2.24) is 10.2 Å². The molecule has 0 aromatic heterocycles. The predicted octanol–water partition coefficient (Wildman–Crippen LogP) is 1.79. The van der Waals surface area contributed by atoms with Crippen LogP contribution in [0.4, 0.5) is 0 Å². The maximum absolute atomic E-state index is 12.8. The summed E-state index contributed by atoms with van der Waals surface area (Å²) in [5, 5.41) is 11.9. The lowest BCUT2D eigenvalue weighted by Crippen LogP contribution is -2.40. The minimum Gasteiger partial charge on any atom is -0.480 e. The molecule has 1 aliphatic heterocycles. The van der Waals surface area contributed by atoms with Crippen LogP contribution >= 0.6 is 0 Å². The maximum Gasteiger partial charge on any atom is 0.317 e. The second-order valence-corrected chi connectivity index (χ2v) is 6.03. The van der Waals surface area contributed by atoms with Crippen LogP contribution in [-0.4, -0.2) is 42.3 Å². The van der Waals surface area contributed by atoms with Gasteiger partial charge >= 0.3 is 5.97 Å². The molecule has 0 spiro atoms. The lowest BCUT2D eigenvalue weighted by atomic mass is 10.0. The Kier molecular flexibility index (Phi) is 5.38. The monoisotopic (exact) mass is 356 g/mol. The maximum atomic E-state index is 12.8. The van der Waals surface area contributed by atoms with Crippen LogP contribution in [0.3, 0.4) is 0 Å². The molecule has 26 heavy (non-hydrogen) atoms. The van der Waals surface area contributed by atoms with Crippen LogP contribution in [0.1, 0.15) is 17.2 Å². The quantitative estimate of drug-likeness (QED) is 0.786. The third-order valence-corrected chi connectivity index (χ3v) is 4.09. The summed E-state index contributed by atoms with van der Waals surface area (Å²) < 4.78 is 10.6. The fourth-order valence-electron chi connectivity index (χ4n) is 2.88. The van der Waals surface area contributed by atoms with Crippen molar-refractivity contribution < 1.29 is 24.2 Å². The molecular formula is C19H20N2O5. The highest BCUT2D eigenvalue weighted by atomic mass is 16.7. The highest BCUT2D eigenvalue weighted by Gasteiger charge is 2.26. The third kappa shape index (κ3) is 4.12. The lowest BCUT2D eigenvalue weighted by molar-refractivity contribution is -0.139. The van der Waals surface area contributed by atoms with E-state index in [1.807, 2.05) is 42.5 Å². The number of rotatable bonds is 7. The predicted molar refractivity (Wildman–Crippen MR) is 93.9 cm³/mol. The molecule has 0 bridgehead atoms. The summed E-state index contributed by atoms with van der Waals surface area (Å²) >= 11 is 0. The molecule has 0 fully saturated rings. The normalized spacial score (nSPS) is 13.5. The topological polar surface area (TPSA) is 88.1 Å². The van der Waals surface area contributed by atoms with Crippen molar-refractivity contribution in [2.75, 3.05) is 20.4 Å². The molecule has 0 saturated heterocycles. The molecule has 0 aliphatic carbocycles. The molecule has 136 valence electrons. The average molecular weight is 356 g/mol. The van der Waals surface area contributed by atoms with E-state index < -0.39 is 12.0 Å². The van der Waals surface area contributed by atoms with E-state index in [1.54, 1.807) is 13.1 Å². The van der Waals surface area contributed by atoms with Crippen molar-refractivity contribution in [3.63, 3.8) is 0 Å². The first kappa shape index (κ1) is 17.8. The second-order valence-electron chi connectivity index (χ2n) is 6.03. The van der Waals surface area contributed by atoms with E-state index in [9.17, 15) is 9.59 Å². The molecule has 2 aromatic carbocycles. The summed E-state index contributed by atoms with van der Waals surface area (Å²) in [7, 11) is 1.62. The molecule has 3 rings (SSSR count). The van der Waals surface area contributed by atoms with Gasteiger partial charge < -0.3 is 19.9 Å². The Hall–Kier alpha value is -3.06. The molecule has 7 heteroatoms. The van der Waals surface area contributed by atoms with Gasteiger partial charge in [0.05, 0.1) is 6.54 Å². The van der Waals surface area contributed by atoms with Crippen LogP contribution in [0.2, 0.25) is 0 Å². The number of ether oxygens (including phenoxy) is 2. The number of hydrogen-bond acceptors (Lipinski definition) is 5. The Bertz CT molecular complexity index is 794. The number of fused-ring (bicyclic) bond motifs is 1. The van der Waals surface area contributed by atoms with Gasteiger partial charge in [0.25, 0.3) is 0 Å². The van der Waals surface area contributed by atoms with E-state index in [1.165, 1.54) is 4.90 Å². The lowest BCUT2D eigenvalue weighted by Gasteiger charge is -2.26. The first-order chi connectivity index (χ1) is 12.5. The van der Waals surface area contributed by atoms with E-state index in [2.05, 4.69) is 5.32 Å². The number of carbonyl (C=O) groups excluding carboxylic acids is 1. The third-order valence-electron chi connectivity index (χ3n) is 4.09. The molecule has 1 unspecified atom stereocenters. The number of nitrogens with zero attached hydrogens (tertiary/aromatic N) is 1. The van der Waals surface area contributed by atoms with Gasteiger partial charge in [-0.05, 0) is 30.3 Å². The van der Waals surface area contributed by atoms with E-state index in [4.69, 9.17) is 14.6 Å². The zero-order valence-corrected chi connectivity index (χ0v) is 14.3. The Morgan fingerprint density at radius 3 is 2.62 bits per heavy atom. The van der Waals surface area contributed by atoms with Crippen molar-refractivity contribution in [3.05, 3.63) is 59.7 Å². The Balaban J connectivity index is 1.72. The summed E-state index contributed by atoms with van der Waals surface area (Å²) in [4.78, 5) is 25.3. The summed E-state index contributed by atoms with van der Waals surface area (Å²) in [6.07, 6.45) is 0. The number of carboxylic acid groups (broad SMARTS) is 1. The molecular weight excluding hydrogens is 336 g/mol. The van der Waals surface area contributed by atoms with Crippen molar-refractivity contribution >= 4 is 11.9 Å². The van der Waals surface area contributed by atoms with Gasteiger partial charge in [-0.1, -0.05) is 36.4 Å². The van der Waals surface area contributed by atoms with Gasteiger partial charge in [-0.2, -0.15) is 0 Å².